The van der Waals surface area contributed by atoms with Gasteiger partial charge in [0.1, 0.15) is 16.5 Å². The molecule has 158 valence electrons. The van der Waals surface area contributed by atoms with E-state index in [0.717, 1.165) is 25.3 Å². The molecule has 3 N–H and O–H groups in total. The standard InChI is InChI=1S/C21H20ClN7OS/c22-15-5-7-16(8-6-15)26-20(30)17-13-25-21(31-17)28-19-4-1-3-18(27-19)24-9-2-11-29-12-10-23-14-29/h1,3-8,10,12-14H,2,9,11H2,(H,26,30)(H2,24,25,27,28). The summed E-state index contributed by atoms with van der Waals surface area (Å²) in [5.41, 5.74) is 0.672. The van der Waals surface area contributed by atoms with Crippen LogP contribution in [0.5, 0.6) is 0 Å². The van der Waals surface area contributed by atoms with Gasteiger partial charge in [-0.05, 0) is 42.8 Å². The molecule has 0 aliphatic carbocycles. The molecule has 1 aromatic carbocycles. The molecule has 3 aromatic heterocycles. The van der Waals surface area contributed by atoms with Crippen LogP contribution >= 0.6 is 22.9 Å². The van der Waals surface area contributed by atoms with Crippen molar-refractivity contribution in [3.8, 4) is 0 Å². The van der Waals surface area contributed by atoms with Crippen LogP contribution in [-0.4, -0.2) is 32.0 Å². The molecule has 0 bridgehead atoms. The molecule has 10 heteroatoms. The summed E-state index contributed by atoms with van der Waals surface area (Å²) in [6, 6.07) is 12.6. The molecule has 0 fully saturated rings. The van der Waals surface area contributed by atoms with E-state index >= 15 is 0 Å². The Morgan fingerprint density at radius 2 is 1.97 bits per heavy atom. The third-order valence-electron chi connectivity index (χ3n) is 4.27. The molecular formula is C21H20ClN7OS. The zero-order chi connectivity index (χ0) is 21.5. The maximum Gasteiger partial charge on any atom is 0.267 e. The van der Waals surface area contributed by atoms with Gasteiger partial charge >= 0.3 is 0 Å². The number of pyridine rings is 1. The van der Waals surface area contributed by atoms with Crippen LogP contribution in [0.25, 0.3) is 0 Å². The minimum atomic E-state index is -0.228. The molecule has 0 aliphatic rings. The van der Waals surface area contributed by atoms with Crippen molar-refractivity contribution in [3.05, 3.63) is 77.3 Å². The normalized spacial score (nSPS) is 10.6. The van der Waals surface area contributed by atoms with E-state index in [1.807, 2.05) is 29.0 Å². The van der Waals surface area contributed by atoms with Crippen molar-refractivity contribution in [2.45, 2.75) is 13.0 Å². The summed E-state index contributed by atoms with van der Waals surface area (Å²) in [6.45, 7) is 1.69. The third kappa shape index (κ3) is 6.03. The zero-order valence-electron chi connectivity index (χ0n) is 16.5. The highest BCUT2D eigenvalue weighted by Gasteiger charge is 2.11. The molecule has 31 heavy (non-hydrogen) atoms. The highest BCUT2D eigenvalue weighted by atomic mass is 35.5. The van der Waals surface area contributed by atoms with Gasteiger partial charge in [-0.1, -0.05) is 29.0 Å². The predicted octanol–water partition coefficient (Wildman–Crippen LogP) is 4.89. The Kier molecular flexibility index (Phi) is 6.75. The number of hydrogen-bond acceptors (Lipinski definition) is 7. The summed E-state index contributed by atoms with van der Waals surface area (Å²) < 4.78 is 2.04. The van der Waals surface area contributed by atoms with Crippen molar-refractivity contribution < 1.29 is 4.79 Å². The average molecular weight is 454 g/mol. The highest BCUT2D eigenvalue weighted by molar-refractivity contribution is 7.17. The third-order valence-corrected chi connectivity index (χ3v) is 5.44. The van der Waals surface area contributed by atoms with Crippen molar-refractivity contribution in [1.82, 2.24) is 19.5 Å². The van der Waals surface area contributed by atoms with Gasteiger partial charge in [-0.2, -0.15) is 0 Å². The fraction of sp³-hybridized carbons (Fsp3) is 0.143. The van der Waals surface area contributed by atoms with Gasteiger partial charge in [0.05, 0.1) is 12.5 Å². The van der Waals surface area contributed by atoms with Gasteiger partial charge in [-0.25, -0.2) is 15.0 Å². The van der Waals surface area contributed by atoms with E-state index in [4.69, 9.17) is 11.6 Å². The van der Waals surface area contributed by atoms with E-state index in [0.29, 0.717) is 26.5 Å². The Balaban J connectivity index is 1.30. The van der Waals surface area contributed by atoms with Crippen LogP contribution < -0.4 is 16.0 Å². The number of thiazole rings is 1. The molecule has 4 aromatic rings. The van der Waals surface area contributed by atoms with Gasteiger partial charge in [0.15, 0.2) is 5.13 Å². The Labute approximate surface area is 188 Å². The highest BCUT2D eigenvalue weighted by Crippen LogP contribution is 2.23. The second-order valence-electron chi connectivity index (χ2n) is 6.60. The first-order valence-corrected chi connectivity index (χ1v) is 10.8. The minimum Gasteiger partial charge on any atom is -0.370 e. The Morgan fingerprint density at radius 1 is 1.13 bits per heavy atom. The lowest BCUT2D eigenvalue weighted by Crippen LogP contribution is -2.09. The fourth-order valence-electron chi connectivity index (χ4n) is 2.77. The number of hydrogen-bond donors (Lipinski definition) is 3. The van der Waals surface area contributed by atoms with E-state index in [2.05, 4.69) is 30.9 Å². The molecule has 0 atom stereocenters. The van der Waals surface area contributed by atoms with E-state index in [9.17, 15) is 4.79 Å². The van der Waals surface area contributed by atoms with Gasteiger partial charge in [0.25, 0.3) is 5.91 Å². The molecular weight excluding hydrogens is 434 g/mol. The molecule has 0 saturated heterocycles. The van der Waals surface area contributed by atoms with Crippen LogP contribution in [0.3, 0.4) is 0 Å². The number of imidazole rings is 1. The quantitative estimate of drug-likeness (QED) is 0.312. The number of anilines is 4. The van der Waals surface area contributed by atoms with Crippen LogP contribution in [0.1, 0.15) is 16.1 Å². The second-order valence-corrected chi connectivity index (χ2v) is 8.07. The summed E-state index contributed by atoms with van der Waals surface area (Å²) in [7, 11) is 0. The van der Waals surface area contributed by atoms with E-state index in [1.54, 1.807) is 36.8 Å². The molecule has 4 rings (SSSR count). The molecule has 3 heterocycles. The number of aryl methyl sites for hydroxylation is 1. The van der Waals surface area contributed by atoms with Crippen LogP contribution in [0, 0.1) is 0 Å². The first-order valence-electron chi connectivity index (χ1n) is 9.62. The summed E-state index contributed by atoms with van der Waals surface area (Å²) >= 11 is 7.13. The number of rotatable bonds is 9. The summed E-state index contributed by atoms with van der Waals surface area (Å²) in [5.74, 6) is 1.20. The minimum absolute atomic E-state index is 0.228. The van der Waals surface area contributed by atoms with Crippen LogP contribution in [0.4, 0.5) is 22.5 Å². The lowest BCUT2D eigenvalue weighted by Gasteiger charge is -2.08. The molecule has 8 nitrogen and oxygen atoms in total. The first kappa shape index (κ1) is 20.8. The Hall–Kier alpha value is -3.43. The van der Waals surface area contributed by atoms with Gasteiger partial charge in [-0.3, -0.25) is 4.79 Å². The van der Waals surface area contributed by atoms with Crippen LogP contribution in [0.2, 0.25) is 5.02 Å². The van der Waals surface area contributed by atoms with Crippen molar-refractivity contribution in [2.24, 2.45) is 0 Å². The maximum absolute atomic E-state index is 12.4. The smallest absolute Gasteiger partial charge is 0.267 e. The van der Waals surface area contributed by atoms with Crippen molar-refractivity contribution in [1.29, 1.82) is 0 Å². The van der Waals surface area contributed by atoms with Gasteiger partial charge in [-0.15, -0.1) is 0 Å². The number of nitrogens with zero attached hydrogens (tertiary/aromatic N) is 4. The molecule has 0 spiro atoms. The number of halogens is 1. The first-order chi connectivity index (χ1) is 15.2. The summed E-state index contributed by atoms with van der Waals surface area (Å²) in [6.07, 6.45) is 8.02. The zero-order valence-corrected chi connectivity index (χ0v) is 18.0. The summed E-state index contributed by atoms with van der Waals surface area (Å²) in [4.78, 5) is 25.8. The molecule has 0 unspecified atom stereocenters. The summed E-state index contributed by atoms with van der Waals surface area (Å²) in [5, 5.41) is 10.5. The predicted molar refractivity (Wildman–Crippen MR) is 124 cm³/mol. The van der Waals surface area contributed by atoms with Crippen molar-refractivity contribution in [2.75, 3.05) is 22.5 Å². The van der Waals surface area contributed by atoms with Crippen molar-refractivity contribution >= 4 is 51.3 Å². The van der Waals surface area contributed by atoms with Gasteiger partial charge < -0.3 is 20.5 Å². The van der Waals surface area contributed by atoms with E-state index in [1.165, 1.54) is 17.5 Å². The molecule has 0 saturated carbocycles. The molecule has 0 radical (unpaired) electrons. The van der Waals surface area contributed by atoms with E-state index < -0.39 is 0 Å². The Bertz CT molecular complexity index is 1130. The monoisotopic (exact) mass is 453 g/mol. The fourth-order valence-corrected chi connectivity index (χ4v) is 3.62. The number of nitrogens with one attached hydrogen (secondary N) is 3. The van der Waals surface area contributed by atoms with Crippen LogP contribution in [0.15, 0.2) is 67.4 Å². The van der Waals surface area contributed by atoms with Gasteiger partial charge in [0, 0.05) is 36.2 Å². The van der Waals surface area contributed by atoms with Crippen molar-refractivity contribution in [3.63, 3.8) is 0 Å². The lowest BCUT2D eigenvalue weighted by molar-refractivity contribution is 0.103. The van der Waals surface area contributed by atoms with Crippen LogP contribution in [-0.2, 0) is 6.54 Å². The maximum atomic E-state index is 12.4. The molecule has 0 aliphatic heterocycles. The largest absolute Gasteiger partial charge is 0.370 e. The lowest BCUT2D eigenvalue weighted by atomic mass is 10.3. The Morgan fingerprint density at radius 3 is 2.77 bits per heavy atom. The number of carbonyl (C=O) groups is 1. The van der Waals surface area contributed by atoms with E-state index in [-0.39, 0.29) is 5.91 Å². The number of benzene rings is 1. The molecule has 1 amide bonds. The SMILES string of the molecule is O=C(Nc1ccc(Cl)cc1)c1cnc(Nc2cccc(NCCCn3ccnc3)n2)s1. The van der Waals surface area contributed by atoms with Gasteiger partial charge in [0.2, 0.25) is 0 Å². The topological polar surface area (TPSA) is 96.8 Å². The number of amides is 1. The number of carbonyl (C=O) groups excluding carboxylic acids is 1. The number of aromatic nitrogens is 4. The average Bonchev–Trinajstić information content (AvgIpc) is 3.45. The second kappa shape index (κ2) is 10.1.